The maximum Gasteiger partial charge on any atom is 0.160 e. The van der Waals surface area contributed by atoms with Crippen LogP contribution in [0, 0.1) is 11.3 Å². The fourth-order valence-electron chi connectivity index (χ4n) is 0.618. The van der Waals surface area contributed by atoms with Gasteiger partial charge in [0.25, 0.3) is 0 Å². The molecule has 0 fully saturated rings. The molecule has 0 radical (unpaired) electrons. The number of carbonyl (C=O) groups is 1. The van der Waals surface area contributed by atoms with Gasteiger partial charge in [0.2, 0.25) is 0 Å². The smallest absolute Gasteiger partial charge is 0.160 e. The van der Waals surface area contributed by atoms with E-state index in [0.29, 0.717) is 0 Å². The quantitative estimate of drug-likeness (QED) is 0.637. The van der Waals surface area contributed by atoms with Gasteiger partial charge in [-0.1, -0.05) is 0 Å². The molecule has 0 bridgehead atoms. The molecule has 0 aromatic carbocycles. The number of ketones is 1. The summed E-state index contributed by atoms with van der Waals surface area (Å²) in [5.74, 6) is -0.613. The van der Waals surface area contributed by atoms with Crippen LogP contribution >= 0.6 is 0 Å². The fourth-order valence-corrected chi connectivity index (χ4v) is 1.85. The Morgan fingerprint density at radius 3 is 2.42 bits per heavy atom. The highest BCUT2D eigenvalue weighted by atomic mass is 32.2. The van der Waals surface area contributed by atoms with Crippen molar-refractivity contribution < 1.29 is 13.2 Å². The fraction of sp³-hybridized carbons (Fsp3) is 0.714. The zero-order valence-electron chi connectivity index (χ0n) is 7.07. The summed E-state index contributed by atoms with van der Waals surface area (Å²) >= 11 is 0. The Hall–Kier alpha value is -0.890. The molecule has 0 heterocycles. The van der Waals surface area contributed by atoms with Crippen LogP contribution in [0.5, 0.6) is 0 Å². The first-order chi connectivity index (χ1) is 5.41. The van der Waals surface area contributed by atoms with Crippen LogP contribution in [0.3, 0.4) is 0 Å². The van der Waals surface area contributed by atoms with E-state index in [1.54, 1.807) is 6.07 Å². The van der Waals surface area contributed by atoms with Crippen molar-refractivity contribution in [3.63, 3.8) is 0 Å². The molecule has 1 atom stereocenters. The normalized spacial score (nSPS) is 13.4. The van der Waals surface area contributed by atoms with Gasteiger partial charge in [0, 0.05) is 6.42 Å². The predicted molar refractivity (Wildman–Crippen MR) is 44.2 cm³/mol. The van der Waals surface area contributed by atoms with Crippen LogP contribution in [0.25, 0.3) is 0 Å². The second-order valence-corrected chi connectivity index (χ2v) is 4.97. The molecule has 12 heavy (non-hydrogen) atoms. The number of Topliss-reactive ketones (excluding diaryl/α,β-unsaturated/α-hetero) is 1. The molecule has 0 amide bonds. The Labute approximate surface area is 72.1 Å². The number of hydrogen-bond acceptors (Lipinski definition) is 4. The molecular weight excluding hydrogens is 178 g/mol. The highest BCUT2D eigenvalue weighted by molar-refractivity contribution is 7.92. The van der Waals surface area contributed by atoms with Gasteiger partial charge in [-0.15, -0.1) is 0 Å². The third kappa shape index (κ3) is 3.01. The van der Waals surface area contributed by atoms with Gasteiger partial charge in [-0.25, -0.2) is 8.42 Å². The molecule has 0 aliphatic rings. The van der Waals surface area contributed by atoms with Gasteiger partial charge >= 0.3 is 0 Å². The lowest BCUT2D eigenvalue weighted by molar-refractivity contribution is -0.116. The van der Waals surface area contributed by atoms with Crippen molar-refractivity contribution >= 4 is 15.6 Å². The molecule has 68 valence electrons. The van der Waals surface area contributed by atoms with Crippen LogP contribution in [0.2, 0.25) is 0 Å². The molecule has 5 heteroatoms. The van der Waals surface area contributed by atoms with Crippen LogP contribution in [-0.4, -0.2) is 25.2 Å². The number of sulfone groups is 1. The van der Waals surface area contributed by atoms with Crippen LogP contribution < -0.4 is 0 Å². The second kappa shape index (κ2) is 4.21. The molecule has 0 saturated carbocycles. The summed E-state index contributed by atoms with van der Waals surface area (Å²) < 4.78 is 22.3. The molecule has 0 aliphatic carbocycles. The van der Waals surface area contributed by atoms with E-state index in [9.17, 15) is 13.2 Å². The summed E-state index contributed by atoms with van der Waals surface area (Å²) in [5, 5.41) is 7.17. The van der Waals surface area contributed by atoms with Crippen LogP contribution in [0.4, 0.5) is 0 Å². The van der Waals surface area contributed by atoms with Crippen LogP contribution in [0.15, 0.2) is 0 Å². The van der Waals surface area contributed by atoms with E-state index in [4.69, 9.17) is 5.26 Å². The molecule has 0 rings (SSSR count). The number of hydrogen-bond donors (Lipinski definition) is 0. The molecule has 0 saturated heterocycles. The highest BCUT2D eigenvalue weighted by Crippen LogP contribution is 2.04. The zero-order valence-corrected chi connectivity index (χ0v) is 7.89. The average molecular weight is 189 g/mol. The molecule has 0 spiro atoms. The lowest BCUT2D eigenvalue weighted by atomic mass is 10.3. The monoisotopic (exact) mass is 189 g/mol. The van der Waals surface area contributed by atoms with Gasteiger partial charge in [0.1, 0.15) is 11.0 Å². The summed E-state index contributed by atoms with van der Waals surface area (Å²) in [4.78, 5) is 10.7. The molecule has 0 N–H and O–H groups in total. The summed E-state index contributed by atoms with van der Waals surface area (Å²) in [6.07, 6.45) is -0.0556. The molecule has 1 unspecified atom stereocenters. The van der Waals surface area contributed by atoms with Gasteiger partial charge in [-0.05, 0) is 13.8 Å². The lowest BCUT2D eigenvalue weighted by Crippen LogP contribution is -2.27. The Morgan fingerprint density at radius 1 is 1.58 bits per heavy atom. The van der Waals surface area contributed by atoms with E-state index < -0.39 is 15.1 Å². The number of rotatable bonds is 4. The third-order valence-electron chi connectivity index (χ3n) is 1.61. The van der Waals surface area contributed by atoms with E-state index >= 15 is 0 Å². The first-order valence-corrected chi connectivity index (χ1v) is 5.22. The molecule has 0 aromatic heterocycles. The predicted octanol–water partition coefficient (Wildman–Crippen LogP) is 0.292. The Balaban J connectivity index is 4.43. The second-order valence-electron chi connectivity index (χ2n) is 2.53. The van der Waals surface area contributed by atoms with Crippen molar-refractivity contribution in [3.05, 3.63) is 0 Å². The molecule has 4 nitrogen and oxygen atoms in total. The van der Waals surface area contributed by atoms with E-state index in [1.165, 1.54) is 13.8 Å². The van der Waals surface area contributed by atoms with Crippen molar-refractivity contribution in [1.82, 2.24) is 0 Å². The minimum atomic E-state index is -3.39. The van der Waals surface area contributed by atoms with Gasteiger partial charge in [0.05, 0.1) is 11.8 Å². The van der Waals surface area contributed by atoms with Gasteiger partial charge in [0.15, 0.2) is 9.84 Å². The first-order valence-electron chi connectivity index (χ1n) is 3.51. The topological polar surface area (TPSA) is 75.0 Å². The minimum Gasteiger partial charge on any atom is -0.299 e. The van der Waals surface area contributed by atoms with Gasteiger partial charge < -0.3 is 0 Å². The Morgan fingerprint density at radius 2 is 2.08 bits per heavy atom. The number of nitriles is 1. The number of carbonyl (C=O) groups excluding carboxylic acids is 1. The molecule has 0 aliphatic heterocycles. The summed E-state index contributed by atoms with van der Waals surface area (Å²) in [6.45, 7) is 2.57. The first kappa shape index (κ1) is 11.1. The van der Waals surface area contributed by atoms with E-state index in [0.717, 1.165) is 0 Å². The lowest BCUT2D eigenvalue weighted by Gasteiger charge is -2.06. The van der Waals surface area contributed by atoms with Crippen LogP contribution in [-0.2, 0) is 14.6 Å². The third-order valence-corrected chi connectivity index (χ3v) is 3.79. The van der Waals surface area contributed by atoms with Crippen LogP contribution in [0.1, 0.15) is 20.3 Å². The van der Waals surface area contributed by atoms with E-state index in [1.807, 2.05) is 0 Å². The molecule has 0 aromatic rings. The summed E-state index contributed by atoms with van der Waals surface area (Å²) in [6, 6.07) is 1.73. The summed E-state index contributed by atoms with van der Waals surface area (Å²) in [5.41, 5.74) is 0. The van der Waals surface area contributed by atoms with Crippen molar-refractivity contribution in [1.29, 1.82) is 5.26 Å². The maximum atomic E-state index is 11.2. The highest BCUT2D eigenvalue weighted by Gasteiger charge is 2.23. The van der Waals surface area contributed by atoms with Gasteiger partial charge in [-0.3, -0.25) is 4.79 Å². The zero-order chi connectivity index (χ0) is 9.78. The van der Waals surface area contributed by atoms with Gasteiger partial charge in [-0.2, -0.15) is 5.26 Å². The Bertz CT molecular complexity index is 299. The Kier molecular flexibility index (Phi) is 3.90. The van der Waals surface area contributed by atoms with Crippen molar-refractivity contribution in [3.8, 4) is 6.07 Å². The maximum absolute atomic E-state index is 11.2. The average Bonchev–Trinajstić information content (AvgIpc) is 1.99. The summed E-state index contributed by atoms with van der Waals surface area (Å²) in [7, 11) is -3.39. The van der Waals surface area contributed by atoms with E-state index in [2.05, 4.69) is 0 Å². The largest absolute Gasteiger partial charge is 0.299 e. The number of nitrogens with zero attached hydrogens (tertiary/aromatic N) is 1. The van der Waals surface area contributed by atoms with Crippen molar-refractivity contribution in [2.45, 2.75) is 25.5 Å². The minimum absolute atomic E-state index is 0.0556. The van der Waals surface area contributed by atoms with E-state index in [-0.39, 0.29) is 18.0 Å². The van der Waals surface area contributed by atoms with Crippen molar-refractivity contribution in [2.24, 2.45) is 0 Å². The standard InChI is InChI=1S/C7H11NO3S/c1-6(9)7(2)12(10,11)5-3-4-8/h7H,3,5H2,1-2H3. The SMILES string of the molecule is CC(=O)C(C)S(=O)(=O)CCC#N. The van der Waals surface area contributed by atoms with Crippen molar-refractivity contribution in [2.75, 3.05) is 5.75 Å². The molecular formula is C7H11NO3S.